The van der Waals surface area contributed by atoms with Crippen molar-refractivity contribution in [2.45, 2.75) is 19.6 Å². The van der Waals surface area contributed by atoms with E-state index in [2.05, 4.69) is 45.1 Å². The fourth-order valence-electron chi connectivity index (χ4n) is 1.81. The Kier molecular flexibility index (Phi) is 2.18. The highest BCUT2D eigenvalue weighted by molar-refractivity contribution is 8.05. The first kappa shape index (κ1) is 9.94. The average molecular weight is 274 g/mol. The predicted octanol–water partition coefficient (Wildman–Crippen LogP) is 4.31. The van der Waals surface area contributed by atoms with Gasteiger partial charge in [-0.1, -0.05) is 35.7 Å². The quantitative estimate of drug-likeness (QED) is 0.477. The minimum absolute atomic E-state index is 1.00. The van der Waals surface area contributed by atoms with Crippen LogP contribution in [-0.4, -0.2) is 8.75 Å². The molecule has 0 saturated carbocycles. The molecule has 0 unspecified atom stereocenters. The van der Waals surface area contributed by atoms with Crippen molar-refractivity contribution >= 4 is 46.3 Å². The monoisotopic (exact) mass is 274 g/mol. The van der Waals surface area contributed by atoms with Crippen LogP contribution in [0, 0.1) is 0 Å². The van der Waals surface area contributed by atoms with Gasteiger partial charge in [0, 0.05) is 19.6 Å². The van der Waals surface area contributed by atoms with Crippen molar-refractivity contribution < 1.29 is 0 Å². The highest BCUT2D eigenvalue weighted by atomic mass is 32.2. The molecule has 1 aliphatic heterocycles. The van der Waals surface area contributed by atoms with E-state index in [9.17, 15) is 0 Å². The summed E-state index contributed by atoms with van der Waals surface area (Å²) in [5.74, 6) is 0. The highest BCUT2D eigenvalue weighted by Gasteiger charge is 2.17. The zero-order valence-electron chi connectivity index (χ0n) is 8.58. The first-order chi connectivity index (χ1) is 8.40. The van der Waals surface area contributed by atoms with Gasteiger partial charge in [-0.3, -0.25) is 0 Å². The third-order valence-electron chi connectivity index (χ3n) is 2.61. The molecule has 82 valence electrons. The molecular formula is C12H6N2S3. The van der Waals surface area contributed by atoms with E-state index in [0.29, 0.717) is 0 Å². The Balaban J connectivity index is 1.93. The molecule has 0 amide bonds. The van der Waals surface area contributed by atoms with Gasteiger partial charge in [0.1, 0.15) is 11.0 Å². The molecule has 0 N–H and O–H groups in total. The van der Waals surface area contributed by atoms with Gasteiger partial charge in [0.05, 0.1) is 11.7 Å². The molecule has 0 fully saturated rings. The zero-order valence-corrected chi connectivity index (χ0v) is 11.0. The summed E-state index contributed by atoms with van der Waals surface area (Å²) in [5, 5.41) is 0. The molecule has 2 nitrogen and oxygen atoms in total. The maximum atomic E-state index is 4.29. The van der Waals surface area contributed by atoms with Gasteiger partial charge in [0.2, 0.25) is 0 Å². The Morgan fingerprint density at radius 3 is 1.76 bits per heavy atom. The lowest BCUT2D eigenvalue weighted by molar-refractivity contribution is 1.16. The standard InChI is InChI=1S/C12H6N2S3/c1-2-4-10-9(3-1)15-11-5-7-8(14-17-13-7)6-12(11)16-10/h1-6H. The van der Waals surface area contributed by atoms with Gasteiger partial charge in [-0.2, -0.15) is 8.75 Å². The molecule has 2 heterocycles. The molecule has 0 aliphatic carbocycles. The Hall–Kier alpha value is -1.04. The van der Waals surface area contributed by atoms with Gasteiger partial charge in [-0.25, -0.2) is 0 Å². The van der Waals surface area contributed by atoms with Crippen LogP contribution in [0.5, 0.6) is 0 Å². The Bertz CT molecular complexity index is 662. The van der Waals surface area contributed by atoms with E-state index < -0.39 is 0 Å². The molecule has 0 bridgehead atoms. The summed E-state index contributed by atoms with van der Waals surface area (Å²) >= 11 is 4.91. The maximum absolute atomic E-state index is 4.29. The van der Waals surface area contributed by atoms with Crippen molar-refractivity contribution in [2.75, 3.05) is 0 Å². The van der Waals surface area contributed by atoms with Gasteiger partial charge in [0.15, 0.2) is 0 Å². The summed E-state index contributed by atoms with van der Waals surface area (Å²) in [6.45, 7) is 0. The van der Waals surface area contributed by atoms with Crippen LogP contribution in [0.1, 0.15) is 0 Å². The third-order valence-corrected chi connectivity index (χ3v) is 5.69. The van der Waals surface area contributed by atoms with Gasteiger partial charge < -0.3 is 0 Å². The minimum Gasteiger partial charge on any atom is -0.173 e. The van der Waals surface area contributed by atoms with Crippen molar-refractivity contribution in [3.05, 3.63) is 36.4 Å². The van der Waals surface area contributed by atoms with Crippen LogP contribution < -0.4 is 0 Å². The minimum atomic E-state index is 1.00. The van der Waals surface area contributed by atoms with E-state index in [-0.39, 0.29) is 0 Å². The van der Waals surface area contributed by atoms with E-state index >= 15 is 0 Å². The fraction of sp³-hybridized carbons (Fsp3) is 0. The second-order valence-corrected chi connectivity index (χ2v) is 6.40. The molecule has 1 aliphatic rings. The molecular weight excluding hydrogens is 268 g/mol. The zero-order chi connectivity index (χ0) is 11.2. The van der Waals surface area contributed by atoms with Crippen LogP contribution in [-0.2, 0) is 0 Å². The van der Waals surface area contributed by atoms with Crippen molar-refractivity contribution in [3.8, 4) is 0 Å². The van der Waals surface area contributed by atoms with E-state index in [1.807, 2.05) is 23.5 Å². The topological polar surface area (TPSA) is 25.8 Å². The van der Waals surface area contributed by atoms with Crippen molar-refractivity contribution in [3.63, 3.8) is 0 Å². The number of hydrogen-bond acceptors (Lipinski definition) is 5. The Morgan fingerprint density at radius 1 is 0.706 bits per heavy atom. The molecule has 0 saturated heterocycles. The van der Waals surface area contributed by atoms with Crippen molar-refractivity contribution in [1.29, 1.82) is 0 Å². The highest BCUT2D eigenvalue weighted by Crippen LogP contribution is 2.49. The van der Waals surface area contributed by atoms with Gasteiger partial charge in [-0.15, -0.1) is 0 Å². The summed E-state index contributed by atoms with van der Waals surface area (Å²) < 4.78 is 8.58. The van der Waals surface area contributed by atoms with Crippen molar-refractivity contribution in [2.24, 2.45) is 0 Å². The summed E-state index contributed by atoms with van der Waals surface area (Å²) in [4.78, 5) is 5.22. The molecule has 0 spiro atoms. The SMILES string of the molecule is c1ccc2c(c1)Sc1cc3nsnc3cc1S2. The van der Waals surface area contributed by atoms with Gasteiger partial charge in [0.25, 0.3) is 0 Å². The second-order valence-electron chi connectivity index (χ2n) is 3.70. The van der Waals surface area contributed by atoms with Crippen molar-refractivity contribution in [1.82, 2.24) is 8.75 Å². The molecule has 2 aromatic carbocycles. The largest absolute Gasteiger partial charge is 0.173 e. The number of aromatic nitrogens is 2. The number of hydrogen-bond donors (Lipinski definition) is 0. The Morgan fingerprint density at radius 2 is 1.24 bits per heavy atom. The lowest BCUT2D eigenvalue weighted by Gasteiger charge is -2.17. The summed E-state index contributed by atoms with van der Waals surface area (Å²) in [6.07, 6.45) is 0. The third kappa shape index (κ3) is 1.57. The normalized spacial score (nSPS) is 13.4. The van der Waals surface area contributed by atoms with E-state index in [4.69, 9.17) is 0 Å². The fourth-order valence-corrected chi connectivity index (χ4v) is 4.58. The maximum Gasteiger partial charge on any atom is 0.105 e. The van der Waals surface area contributed by atoms with E-state index in [1.54, 1.807) is 0 Å². The second kappa shape index (κ2) is 3.73. The number of fused-ring (bicyclic) bond motifs is 3. The lowest BCUT2D eigenvalue weighted by atomic mass is 10.3. The van der Waals surface area contributed by atoms with E-state index in [1.165, 1.54) is 31.3 Å². The number of benzene rings is 2. The smallest absolute Gasteiger partial charge is 0.105 e. The van der Waals surface area contributed by atoms with Gasteiger partial charge >= 0.3 is 0 Å². The van der Waals surface area contributed by atoms with Crippen LogP contribution in [0.2, 0.25) is 0 Å². The van der Waals surface area contributed by atoms with Crippen LogP contribution >= 0.6 is 35.3 Å². The van der Waals surface area contributed by atoms with Crippen LogP contribution in [0.4, 0.5) is 0 Å². The Labute approximate surface area is 111 Å². The molecule has 4 rings (SSSR count). The molecule has 1 aromatic heterocycles. The lowest BCUT2D eigenvalue weighted by Crippen LogP contribution is -1.89. The summed E-state index contributed by atoms with van der Waals surface area (Å²) in [7, 11) is 0. The first-order valence-corrected chi connectivity index (χ1v) is 7.47. The van der Waals surface area contributed by atoms with Gasteiger partial charge in [-0.05, 0) is 24.3 Å². The summed E-state index contributed by atoms with van der Waals surface area (Å²) in [6, 6.07) is 12.8. The number of rotatable bonds is 0. The molecule has 0 radical (unpaired) electrons. The molecule has 5 heteroatoms. The van der Waals surface area contributed by atoms with E-state index in [0.717, 1.165) is 11.0 Å². The molecule has 0 atom stereocenters. The predicted molar refractivity (Wildman–Crippen MR) is 72.1 cm³/mol. The number of nitrogens with zero attached hydrogens (tertiary/aromatic N) is 2. The van der Waals surface area contributed by atoms with Crippen LogP contribution in [0.25, 0.3) is 11.0 Å². The first-order valence-electron chi connectivity index (χ1n) is 5.11. The summed E-state index contributed by atoms with van der Waals surface area (Å²) in [5.41, 5.74) is 2.00. The van der Waals surface area contributed by atoms with Crippen LogP contribution in [0.15, 0.2) is 56.0 Å². The molecule has 17 heavy (non-hydrogen) atoms. The average Bonchev–Trinajstić information content (AvgIpc) is 2.80. The molecule has 3 aromatic rings. The van der Waals surface area contributed by atoms with Crippen LogP contribution in [0.3, 0.4) is 0 Å².